The van der Waals surface area contributed by atoms with Crippen LogP contribution in [0.1, 0.15) is 50.7 Å². The Morgan fingerprint density at radius 3 is 2.16 bits per heavy atom. The van der Waals surface area contributed by atoms with Gasteiger partial charge in [0.15, 0.2) is 0 Å². The molecule has 2 atom stereocenters. The molecule has 0 heterocycles. The summed E-state index contributed by atoms with van der Waals surface area (Å²) >= 11 is 0. The minimum Gasteiger partial charge on any atom is -0.480 e. The fraction of sp³-hybridized carbons (Fsp3) is 0.400. The summed E-state index contributed by atoms with van der Waals surface area (Å²) in [5.74, 6) is -1.89. The third kappa shape index (κ3) is 4.93. The number of carboxylic acid groups (broad SMARTS) is 1. The molecule has 0 saturated carbocycles. The van der Waals surface area contributed by atoms with Gasteiger partial charge >= 0.3 is 12.1 Å². The minimum absolute atomic E-state index is 0.0133. The van der Waals surface area contributed by atoms with Gasteiger partial charge in [-0.3, -0.25) is 4.79 Å². The van der Waals surface area contributed by atoms with Crippen LogP contribution in [0.3, 0.4) is 0 Å². The summed E-state index contributed by atoms with van der Waals surface area (Å²) in [6.07, 6.45) is 0.109. The predicted octanol–water partition coefficient (Wildman–Crippen LogP) is 3.92. The fourth-order valence-electron chi connectivity index (χ4n) is 3.86. The maximum atomic E-state index is 12.3. The van der Waals surface area contributed by atoms with E-state index in [1.54, 1.807) is 13.8 Å². The molecule has 2 aromatic rings. The topological polar surface area (TPSA) is 105 Å². The van der Waals surface area contributed by atoms with E-state index >= 15 is 0 Å². The molecule has 2 amide bonds. The first-order chi connectivity index (χ1) is 15.3. The van der Waals surface area contributed by atoms with Crippen LogP contribution in [0, 0.1) is 5.92 Å². The molecule has 2 aromatic carbocycles. The number of carbonyl (C=O) groups is 3. The Kier molecular flexibility index (Phi) is 7.18. The van der Waals surface area contributed by atoms with Gasteiger partial charge in [-0.1, -0.05) is 62.4 Å². The van der Waals surface area contributed by atoms with Gasteiger partial charge in [0, 0.05) is 18.4 Å². The van der Waals surface area contributed by atoms with Crippen LogP contribution in [0.2, 0.25) is 0 Å². The molecule has 0 spiro atoms. The zero-order valence-electron chi connectivity index (χ0n) is 18.7. The lowest BCUT2D eigenvalue weighted by Crippen LogP contribution is -2.53. The summed E-state index contributed by atoms with van der Waals surface area (Å²) in [7, 11) is 0. The van der Waals surface area contributed by atoms with Gasteiger partial charge in [0.1, 0.15) is 12.1 Å². The van der Waals surface area contributed by atoms with Crippen LogP contribution in [0.4, 0.5) is 4.79 Å². The number of nitrogens with one attached hydrogen (secondary N) is 2. The maximum Gasteiger partial charge on any atom is 0.407 e. The molecule has 7 heteroatoms. The Balaban J connectivity index is 1.48. The third-order valence-electron chi connectivity index (χ3n) is 6.22. The van der Waals surface area contributed by atoms with Crippen molar-refractivity contribution in [3.8, 4) is 11.1 Å². The van der Waals surface area contributed by atoms with Crippen LogP contribution in [0.5, 0.6) is 0 Å². The molecular formula is C25H30N2O5. The highest BCUT2D eigenvalue weighted by Crippen LogP contribution is 2.44. The predicted molar refractivity (Wildman–Crippen MR) is 121 cm³/mol. The number of fused-ring (bicyclic) bond motifs is 3. The molecular weight excluding hydrogens is 408 g/mol. The second-order valence-electron chi connectivity index (χ2n) is 8.42. The van der Waals surface area contributed by atoms with E-state index in [-0.39, 0.29) is 31.4 Å². The highest BCUT2D eigenvalue weighted by atomic mass is 16.5. The van der Waals surface area contributed by atoms with Crippen molar-refractivity contribution in [2.75, 3.05) is 13.2 Å². The lowest BCUT2D eigenvalue weighted by atomic mass is 9.97. The molecule has 32 heavy (non-hydrogen) atoms. The van der Waals surface area contributed by atoms with Gasteiger partial charge in [-0.15, -0.1) is 0 Å². The van der Waals surface area contributed by atoms with E-state index in [9.17, 15) is 19.5 Å². The number of carboxylic acids is 1. The van der Waals surface area contributed by atoms with Crippen molar-refractivity contribution < 1.29 is 24.2 Å². The lowest BCUT2D eigenvalue weighted by Gasteiger charge is -2.26. The number of benzene rings is 2. The summed E-state index contributed by atoms with van der Waals surface area (Å²) < 4.78 is 5.48. The van der Waals surface area contributed by atoms with Gasteiger partial charge in [-0.05, 0) is 42.0 Å². The van der Waals surface area contributed by atoms with Gasteiger partial charge in [-0.25, -0.2) is 9.59 Å². The van der Waals surface area contributed by atoms with Crippen LogP contribution in [0.15, 0.2) is 48.5 Å². The summed E-state index contributed by atoms with van der Waals surface area (Å²) in [5.41, 5.74) is 3.31. The highest BCUT2D eigenvalue weighted by molar-refractivity contribution is 5.87. The first-order valence-corrected chi connectivity index (χ1v) is 10.9. The quantitative estimate of drug-likeness (QED) is 0.550. The Morgan fingerprint density at radius 2 is 1.62 bits per heavy atom. The molecule has 170 valence electrons. The Labute approximate surface area is 188 Å². The number of ether oxygens (including phenoxy) is 1. The standard InChI is InChI=1S/C25H30N2O5/c1-4-25(3,23(29)30)27-22(28)16(2)13-14-26-24(31)32-15-21-19-11-7-5-9-17(19)18-10-6-8-12-20(18)21/h5-12,16,21H,4,13-15H2,1-3H3,(H,26,31)(H,27,28)(H,29,30). The number of rotatable bonds is 9. The van der Waals surface area contributed by atoms with Gasteiger partial charge in [0.25, 0.3) is 0 Å². The Hall–Kier alpha value is -3.35. The van der Waals surface area contributed by atoms with Crippen LogP contribution in [-0.4, -0.2) is 41.8 Å². The summed E-state index contributed by atoms with van der Waals surface area (Å²) in [4.78, 5) is 35.9. The summed E-state index contributed by atoms with van der Waals surface area (Å²) in [6, 6.07) is 16.2. The third-order valence-corrected chi connectivity index (χ3v) is 6.22. The summed E-state index contributed by atoms with van der Waals surface area (Å²) in [5, 5.41) is 14.6. The monoisotopic (exact) mass is 438 g/mol. The molecule has 0 saturated heterocycles. The smallest absolute Gasteiger partial charge is 0.407 e. The Morgan fingerprint density at radius 1 is 1.06 bits per heavy atom. The number of alkyl carbamates (subject to hydrolysis) is 1. The largest absolute Gasteiger partial charge is 0.480 e. The number of carbonyl (C=O) groups excluding carboxylic acids is 2. The normalized spacial score (nSPS) is 15.1. The number of aliphatic carboxylic acids is 1. The van der Waals surface area contributed by atoms with Crippen LogP contribution >= 0.6 is 0 Å². The molecule has 7 nitrogen and oxygen atoms in total. The van der Waals surface area contributed by atoms with Crippen molar-refractivity contribution in [1.82, 2.24) is 10.6 Å². The molecule has 1 aliphatic rings. The average molecular weight is 439 g/mol. The molecule has 3 N–H and O–H groups in total. The van der Waals surface area contributed by atoms with E-state index in [1.165, 1.54) is 6.92 Å². The second-order valence-corrected chi connectivity index (χ2v) is 8.42. The van der Waals surface area contributed by atoms with Crippen LogP contribution in [0.25, 0.3) is 11.1 Å². The van der Waals surface area contributed by atoms with Crippen LogP contribution in [-0.2, 0) is 14.3 Å². The van der Waals surface area contributed by atoms with Crippen molar-refractivity contribution in [2.45, 2.75) is 45.1 Å². The Bertz CT molecular complexity index is 960. The maximum absolute atomic E-state index is 12.3. The van der Waals surface area contributed by atoms with Gasteiger partial charge in [-0.2, -0.15) is 0 Å². The minimum atomic E-state index is -1.30. The average Bonchev–Trinajstić information content (AvgIpc) is 3.11. The van der Waals surface area contributed by atoms with Crippen LogP contribution < -0.4 is 10.6 Å². The van der Waals surface area contributed by atoms with E-state index in [0.29, 0.717) is 6.42 Å². The van der Waals surface area contributed by atoms with Crippen molar-refractivity contribution in [2.24, 2.45) is 5.92 Å². The molecule has 0 aromatic heterocycles. The van der Waals surface area contributed by atoms with E-state index in [2.05, 4.69) is 34.9 Å². The molecule has 0 aliphatic heterocycles. The number of hydrogen-bond donors (Lipinski definition) is 3. The lowest BCUT2D eigenvalue weighted by molar-refractivity contribution is -0.147. The SMILES string of the molecule is CCC(C)(NC(=O)C(C)CCNC(=O)OCC1c2ccccc2-c2ccccc21)C(=O)O. The molecule has 2 unspecified atom stereocenters. The molecule has 0 bridgehead atoms. The highest BCUT2D eigenvalue weighted by Gasteiger charge is 2.34. The van der Waals surface area contributed by atoms with Gasteiger partial charge < -0.3 is 20.5 Å². The van der Waals surface area contributed by atoms with E-state index < -0.39 is 23.5 Å². The van der Waals surface area contributed by atoms with E-state index in [1.807, 2.05) is 24.3 Å². The van der Waals surface area contributed by atoms with Crippen molar-refractivity contribution in [3.05, 3.63) is 59.7 Å². The fourth-order valence-corrected chi connectivity index (χ4v) is 3.86. The van der Waals surface area contributed by atoms with Crippen molar-refractivity contribution in [1.29, 1.82) is 0 Å². The first kappa shape index (κ1) is 23.3. The van der Waals surface area contributed by atoms with Gasteiger partial charge in [0.05, 0.1) is 0 Å². The molecule has 0 radical (unpaired) electrons. The zero-order chi connectivity index (χ0) is 23.3. The molecule has 3 rings (SSSR count). The first-order valence-electron chi connectivity index (χ1n) is 10.9. The summed E-state index contributed by atoms with van der Waals surface area (Å²) in [6.45, 7) is 5.36. The zero-order valence-corrected chi connectivity index (χ0v) is 18.7. The van der Waals surface area contributed by atoms with E-state index in [4.69, 9.17) is 4.74 Å². The second kappa shape index (κ2) is 9.85. The van der Waals surface area contributed by atoms with Crippen molar-refractivity contribution >= 4 is 18.0 Å². The molecule has 0 fully saturated rings. The van der Waals surface area contributed by atoms with Gasteiger partial charge in [0.2, 0.25) is 5.91 Å². The number of amides is 2. The number of hydrogen-bond acceptors (Lipinski definition) is 4. The van der Waals surface area contributed by atoms with E-state index in [0.717, 1.165) is 22.3 Å². The molecule has 1 aliphatic carbocycles. The van der Waals surface area contributed by atoms with Crippen molar-refractivity contribution in [3.63, 3.8) is 0 Å².